The molecule has 1 saturated carbocycles. The third-order valence-corrected chi connectivity index (χ3v) is 5.79. The summed E-state index contributed by atoms with van der Waals surface area (Å²) in [5.74, 6) is -1.14. The van der Waals surface area contributed by atoms with Crippen molar-refractivity contribution in [3.05, 3.63) is 29.3 Å². The zero-order chi connectivity index (χ0) is 21.5. The van der Waals surface area contributed by atoms with Crippen LogP contribution in [0.5, 0.6) is 5.75 Å². The monoisotopic (exact) mass is 416 g/mol. The van der Waals surface area contributed by atoms with Crippen molar-refractivity contribution < 1.29 is 33.5 Å². The topological polar surface area (TPSA) is 99.1 Å². The molecule has 8 heteroatoms. The molecular weight excluding hydrogens is 387 g/mol. The summed E-state index contributed by atoms with van der Waals surface area (Å²) >= 11 is 0. The van der Waals surface area contributed by atoms with Crippen molar-refractivity contribution >= 4 is 24.8 Å². The summed E-state index contributed by atoms with van der Waals surface area (Å²) in [5.41, 5.74) is 0.904. The Morgan fingerprint density at radius 1 is 1.17 bits per heavy atom. The molecule has 1 aliphatic carbocycles. The third kappa shape index (κ3) is 5.62. The fraction of sp³-hybridized carbons (Fsp3) is 0.591. The SMILES string of the molecule is CCCC(=O)C[C@H]1Cc2cccc(C(=O)OCOC(=O)C3CCCCC3)c2OB1O. The molecule has 0 radical (unpaired) electrons. The van der Waals surface area contributed by atoms with Gasteiger partial charge in [0.2, 0.25) is 6.79 Å². The van der Waals surface area contributed by atoms with Gasteiger partial charge in [0.1, 0.15) is 17.1 Å². The van der Waals surface area contributed by atoms with Gasteiger partial charge in [0.25, 0.3) is 0 Å². The second-order valence-corrected chi connectivity index (χ2v) is 8.11. The number of fused-ring (bicyclic) bond motifs is 1. The summed E-state index contributed by atoms with van der Waals surface area (Å²) in [4.78, 5) is 36.5. The molecule has 162 valence electrons. The number of Topliss-reactive ketones (excluding diaryl/α,β-unsaturated/α-hetero) is 1. The van der Waals surface area contributed by atoms with E-state index in [1.807, 2.05) is 6.92 Å². The van der Waals surface area contributed by atoms with Gasteiger partial charge in [-0.2, -0.15) is 0 Å². The van der Waals surface area contributed by atoms with E-state index in [1.54, 1.807) is 18.2 Å². The average molecular weight is 416 g/mol. The van der Waals surface area contributed by atoms with Gasteiger partial charge in [-0.25, -0.2) is 4.79 Å². The van der Waals surface area contributed by atoms with E-state index in [4.69, 9.17) is 14.1 Å². The first-order chi connectivity index (χ1) is 14.5. The summed E-state index contributed by atoms with van der Waals surface area (Å²) in [6.45, 7) is 1.49. The van der Waals surface area contributed by atoms with Crippen LogP contribution in [0.25, 0.3) is 0 Å². The minimum Gasteiger partial charge on any atom is -0.535 e. The molecule has 1 atom stereocenters. The molecule has 3 rings (SSSR count). The summed E-state index contributed by atoms with van der Waals surface area (Å²) in [7, 11) is -1.17. The van der Waals surface area contributed by atoms with E-state index < -0.39 is 19.9 Å². The molecule has 7 nitrogen and oxygen atoms in total. The predicted molar refractivity (Wildman–Crippen MR) is 110 cm³/mol. The molecule has 0 saturated heterocycles. The number of rotatable bonds is 8. The van der Waals surface area contributed by atoms with Crippen molar-refractivity contribution in [3.63, 3.8) is 0 Å². The summed E-state index contributed by atoms with van der Waals surface area (Å²) in [6.07, 6.45) is 6.70. The molecule has 0 bridgehead atoms. The van der Waals surface area contributed by atoms with E-state index in [0.717, 1.165) is 44.1 Å². The van der Waals surface area contributed by atoms with Crippen molar-refractivity contribution in [2.75, 3.05) is 6.79 Å². The number of carbonyl (C=O) groups is 3. The van der Waals surface area contributed by atoms with Gasteiger partial charge in [-0.1, -0.05) is 38.3 Å². The highest BCUT2D eigenvalue weighted by Gasteiger charge is 2.37. The number of ether oxygens (including phenoxy) is 2. The van der Waals surface area contributed by atoms with Crippen molar-refractivity contribution in [2.24, 2.45) is 5.92 Å². The molecule has 1 heterocycles. The Bertz CT molecular complexity index is 773. The minimum atomic E-state index is -1.17. The van der Waals surface area contributed by atoms with Gasteiger partial charge < -0.3 is 19.2 Å². The Balaban J connectivity index is 1.57. The molecule has 1 aromatic rings. The number of hydrogen-bond donors (Lipinski definition) is 1. The highest BCUT2D eigenvalue weighted by atomic mass is 16.7. The Labute approximate surface area is 177 Å². The maximum Gasteiger partial charge on any atom is 0.526 e. The van der Waals surface area contributed by atoms with Gasteiger partial charge in [0, 0.05) is 18.7 Å². The lowest BCUT2D eigenvalue weighted by atomic mass is 9.64. The second-order valence-electron chi connectivity index (χ2n) is 8.11. The normalized spacial score (nSPS) is 18.9. The first-order valence-electron chi connectivity index (χ1n) is 10.8. The van der Waals surface area contributed by atoms with Crippen LogP contribution in [-0.2, 0) is 25.5 Å². The van der Waals surface area contributed by atoms with E-state index >= 15 is 0 Å². The maximum absolute atomic E-state index is 12.5. The van der Waals surface area contributed by atoms with Crippen LogP contribution >= 0.6 is 0 Å². The minimum absolute atomic E-state index is 0.0870. The van der Waals surface area contributed by atoms with Crippen LogP contribution in [0.1, 0.15) is 74.2 Å². The van der Waals surface area contributed by atoms with Gasteiger partial charge in [-0.3, -0.25) is 9.59 Å². The molecule has 30 heavy (non-hydrogen) atoms. The lowest BCUT2D eigenvalue weighted by Gasteiger charge is -2.28. The number of carbonyl (C=O) groups excluding carboxylic acids is 3. The van der Waals surface area contributed by atoms with E-state index in [1.165, 1.54) is 0 Å². The number of ketones is 1. The number of benzene rings is 1. The van der Waals surface area contributed by atoms with E-state index in [0.29, 0.717) is 12.8 Å². The molecule has 1 aromatic carbocycles. The van der Waals surface area contributed by atoms with Crippen molar-refractivity contribution in [1.82, 2.24) is 0 Å². The molecule has 0 spiro atoms. The van der Waals surface area contributed by atoms with Crippen molar-refractivity contribution in [3.8, 4) is 5.75 Å². The maximum atomic E-state index is 12.5. The fourth-order valence-electron chi connectivity index (χ4n) is 4.17. The highest BCUT2D eigenvalue weighted by Crippen LogP contribution is 2.36. The predicted octanol–water partition coefficient (Wildman–Crippen LogP) is 3.47. The van der Waals surface area contributed by atoms with E-state index in [9.17, 15) is 19.4 Å². The number of esters is 2. The molecule has 0 unspecified atom stereocenters. The first kappa shape index (κ1) is 22.3. The average Bonchev–Trinajstić information content (AvgIpc) is 2.74. The van der Waals surface area contributed by atoms with Crippen LogP contribution < -0.4 is 4.65 Å². The van der Waals surface area contributed by atoms with Crippen LogP contribution in [-0.4, -0.2) is 36.7 Å². The Hall–Kier alpha value is -2.35. The molecule has 1 aliphatic heterocycles. The van der Waals surface area contributed by atoms with Crippen LogP contribution in [0, 0.1) is 5.92 Å². The number of para-hydroxylation sites is 1. The number of hydrogen-bond acceptors (Lipinski definition) is 7. The summed E-state index contributed by atoms with van der Waals surface area (Å²) in [6, 6.07) is 5.05. The lowest BCUT2D eigenvalue weighted by Crippen LogP contribution is -2.36. The zero-order valence-electron chi connectivity index (χ0n) is 17.4. The Kier molecular flexibility index (Phi) is 7.91. The molecule has 0 aromatic heterocycles. The van der Waals surface area contributed by atoms with Crippen molar-refractivity contribution in [2.45, 2.75) is 70.5 Å². The molecule has 0 amide bonds. The molecule has 2 aliphatic rings. The highest BCUT2D eigenvalue weighted by molar-refractivity contribution is 6.47. The smallest absolute Gasteiger partial charge is 0.526 e. The zero-order valence-corrected chi connectivity index (χ0v) is 17.4. The summed E-state index contributed by atoms with van der Waals surface area (Å²) in [5, 5.41) is 10.3. The van der Waals surface area contributed by atoms with Crippen LogP contribution in [0.15, 0.2) is 18.2 Å². The van der Waals surface area contributed by atoms with Crippen molar-refractivity contribution in [1.29, 1.82) is 0 Å². The van der Waals surface area contributed by atoms with E-state index in [-0.39, 0.29) is 41.2 Å². The van der Waals surface area contributed by atoms with Crippen LogP contribution in [0.4, 0.5) is 0 Å². The Morgan fingerprint density at radius 2 is 1.93 bits per heavy atom. The molecule has 1 fully saturated rings. The molecule has 1 N–H and O–H groups in total. The standard InChI is InChI=1S/C22H29BO7/c1-2-7-18(24)13-17-12-16-10-6-11-19(20(16)30-23(17)27)22(26)29-14-28-21(25)15-8-4-3-5-9-15/h6,10-11,15,17,27H,2-5,7-9,12-14H2,1H3/t17-/m1/s1. The first-order valence-corrected chi connectivity index (χ1v) is 10.8. The van der Waals surface area contributed by atoms with Crippen LogP contribution in [0.3, 0.4) is 0 Å². The lowest BCUT2D eigenvalue weighted by molar-refractivity contribution is -0.158. The van der Waals surface area contributed by atoms with E-state index in [2.05, 4.69) is 0 Å². The van der Waals surface area contributed by atoms with Gasteiger partial charge >= 0.3 is 19.1 Å². The quantitative estimate of drug-likeness (QED) is 0.394. The fourth-order valence-corrected chi connectivity index (χ4v) is 4.17. The Morgan fingerprint density at radius 3 is 2.67 bits per heavy atom. The van der Waals surface area contributed by atoms with Gasteiger partial charge in [0.05, 0.1) is 5.92 Å². The second kappa shape index (κ2) is 10.6. The van der Waals surface area contributed by atoms with Gasteiger partial charge in [-0.15, -0.1) is 0 Å². The summed E-state index contributed by atoms with van der Waals surface area (Å²) < 4.78 is 15.8. The largest absolute Gasteiger partial charge is 0.535 e. The van der Waals surface area contributed by atoms with Gasteiger partial charge in [0.15, 0.2) is 0 Å². The molecular formula is C22H29BO7. The van der Waals surface area contributed by atoms with Gasteiger partial charge in [-0.05, 0) is 37.3 Å². The van der Waals surface area contributed by atoms with Crippen LogP contribution in [0.2, 0.25) is 5.82 Å². The third-order valence-electron chi connectivity index (χ3n) is 5.79.